The van der Waals surface area contributed by atoms with Crippen LogP contribution in [0, 0.1) is 13.8 Å². The number of aromatic hydroxyl groups is 1. The summed E-state index contributed by atoms with van der Waals surface area (Å²) in [4.78, 5) is 15.1. The molecule has 0 aliphatic carbocycles. The zero-order valence-electron chi connectivity index (χ0n) is 15.7. The first-order chi connectivity index (χ1) is 13.5. The first-order valence-electron chi connectivity index (χ1n) is 9.04. The van der Waals surface area contributed by atoms with Crippen molar-refractivity contribution in [3.05, 3.63) is 81.5 Å². The van der Waals surface area contributed by atoms with Gasteiger partial charge in [-0.1, -0.05) is 35.5 Å². The lowest BCUT2D eigenvalue weighted by Crippen LogP contribution is -2.14. The van der Waals surface area contributed by atoms with Crippen LogP contribution in [0.4, 0.5) is 0 Å². The van der Waals surface area contributed by atoms with E-state index in [0.717, 1.165) is 29.0 Å². The van der Waals surface area contributed by atoms with Gasteiger partial charge < -0.3 is 14.6 Å². The SMILES string of the molecule is Cc1noc(C)c1Cn1cc(-n2c(O)c(CCc3ccccc3)[nH]c2=O)cn1. The predicted octanol–water partition coefficient (Wildman–Crippen LogP) is 2.51. The minimum absolute atomic E-state index is 0.0854. The molecular weight excluding hydrogens is 358 g/mol. The van der Waals surface area contributed by atoms with E-state index in [2.05, 4.69) is 15.2 Å². The molecule has 0 saturated heterocycles. The highest BCUT2D eigenvalue weighted by Crippen LogP contribution is 2.20. The molecule has 0 atom stereocenters. The highest BCUT2D eigenvalue weighted by Gasteiger charge is 2.17. The van der Waals surface area contributed by atoms with Crippen molar-refractivity contribution < 1.29 is 9.63 Å². The van der Waals surface area contributed by atoms with E-state index in [-0.39, 0.29) is 5.88 Å². The molecule has 4 aromatic rings. The number of rotatable bonds is 6. The number of nitrogens with one attached hydrogen (secondary N) is 1. The average Bonchev–Trinajstić information content (AvgIpc) is 3.35. The zero-order chi connectivity index (χ0) is 19.7. The average molecular weight is 379 g/mol. The van der Waals surface area contributed by atoms with Crippen LogP contribution in [0.25, 0.3) is 5.69 Å². The first kappa shape index (κ1) is 17.8. The summed E-state index contributed by atoms with van der Waals surface area (Å²) in [6, 6.07) is 9.93. The fourth-order valence-electron chi connectivity index (χ4n) is 3.24. The van der Waals surface area contributed by atoms with Gasteiger partial charge in [0.15, 0.2) is 0 Å². The number of aromatic amines is 1. The van der Waals surface area contributed by atoms with Crippen molar-refractivity contribution >= 4 is 0 Å². The summed E-state index contributed by atoms with van der Waals surface area (Å²) in [6.07, 6.45) is 4.51. The highest BCUT2D eigenvalue weighted by atomic mass is 16.5. The molecule has 28 heavy (non-hydrogen) atoms. The number of aryl methyl sites for hydroxylation is 4. The van der Waals surface area contributed by atoms with Crippen LogP contribution in [-0.4, -0.2) is 29.6 Å². The quantitative estimate of drug-likeness (QED) is 0.536. The van der Waals surface area contributed by atoms with Gasteiger partial charge in [0.1, 0.15) is 5.76 Å². The Kier molecular flexibility index (Phi) is 4.60. The van der Waals surface area contributed by atoms with Crippen LogP contribution in [0.3, 0.4) is 0 Å². The lowest BCUT2D eigenvalue weighted by molar-refractivity contribution is 0.391. The number of nitrogens with zero attached hydrogens (tertiary/aromatic N) is 4. The number of H-pyrrole nitrogens is 1. The molecule has 2 N–H and O–H groups in total. The van der Waals surface area contributed by atoms with Gasteiger partial charge in [-0.3, -0.25) is 4.68 Å². The minimum Gasteiger partial charge on any atom is -0.493 e. The second kappa shape index (κ2) is 7.22. The number of imidazole rings is 1. The van der Waals surface area contributed by atoms with Gasteiger partial charge in [0.2, 0.25) is 5.88 Å². The molecule has 3 heterocycles. The third-order valence-corrected chi connectivity index (χ3v) is 4.83. The van der Waals surface area contributed by atoms with E-state index in [9.17, 15) is 9.90 Å². The lowest BCUT2D eigenvalue weighted by Gasteiger charge is -2.02. The standard InChI is InChI=1S/C20H21N5O3/c1-13-17(14(2)28-23-13)12-24-11-16(10-21-24)25-19(26)18(22-20(25)27)9-8-15-6-4-3-5-7-15/h3-7,10-11,26H,8-9,12H2,1-2H3,(H,22,27). The maximum absolute atomic E-state index is 12.4. The molecule has 0 amide bonds. The Morgan fingerprint density at radius 1 is 1.18 bits per heavy atom. The molecule has 144 valence electrons. The Balaban J connectivity index is 1.56. The van der Waals surface area contributed by atoms with Crippen LogP contribution in [-0.2, 0) is 19.4 Å². The molecule has 0 spiro atoms. The fourth-order valence-corrected chi connectivity index (χ4v) is 3.24. The summed E-state index contributed by atoms with van der Waals surface area (Å²) in [5.41, 5.74) is 3.51. The molecule has 8 nitrogen and oxygen atoms in total. The number of benzene rings is 1. The van der Waals surface area contributed by atoms with Crippen LogP contribution < -0.4 is 5.69 Å². The minimum atomic E-state index is -0.391. The van der Waals surface area contributed by atoms with E-state index < -0.39 is 5.69 Å². The number of hydrogen-bond donors (Lipinski definition) is 2. The van der Waals surface area contributed by atoms with Crippen molar-refractivity contribution in [2.45, 2.75) is 33.2 Å². The van der Waals surface area contributed by atoms with Crippen LogP contribution in [0.2, 0.25) is 0 Å². The number of hydrogen-bond acceptors (Lipinski definition) is 5. The van der Waals surface area contributed by atoms with Gasteiger partial charge in [0.05, 0.1) is 29.8 Å². The van der Waals surface area contributed by atoms with E-state index in [1.54, 1.807) is 17.1 Å². The molecule has 4 rings (SSSR count). The van der Waals surface area contributed by atoms with Crippen LogP contribution in [0.5, 0.6) is 5.88 Å². The Labute approximate surface area is 161 Å². The third-order valence-electron chi connectivity index (χ3n) is 4.83. The molecular formula is C20H21N5O3. The second-order valence-electron chi connectivity index (χ2n) is 6.75. The maximum Gasteiger partial charge on any atom is 0.333 e. The maximum atomic E-state index is 12.4. The Morgan fingerprint density at radius 2 is 1.96 bits per heavy atom. The molecule has 0 radical (unpaired) electrons. The van der Waals surface area contributed by atoms with E-state index in [1.807, 2.05) is 44.2 Å². The molecule has 0 aliphatic rings. The normalized spacial score (nSPS) is 11.2. The summed E-state index contributed by atoms with van der Waals surface area (Å²) >= 11 is 0. The summed E-state index contributed by atoms with van der Waals surface area (Å²) in [6.45, 7) is 4.20. The van der Waals surface area contributed by atoms with Gasteiger partial charge in [-0.2, -0.15) is 5.10 Å². The van der Waals surface area contributed by atoms with Gasteiger partial charge in [-0.15, -0.1) is 0 Å². The van der Waals surface area contributed by atoms with Gasteiger partial charge >= 0.3 is 5.69 Å². The predicted molar refractivity (Wildman–Crippen MR) is 103 cm³/mol. The van der Waals surface area contributed by atoms with E-state index >= 15 is 0 Å². The third kappa shape index (κ3) is 3.36. The molecule has 0 unspecified atom stereocenters. The van der Waals surface area contributed by atoms with Gasteiger partial charge in [-0.05, 0) is 32.3 Å². The van der Waals surface area contributed by atoms with Crippen molar-refractivity contribution in [2.75, 3.05) is 0 Å². The van der Waals surface area contributed by atoms with Crippen LogP contribution in [0.1, 0.15) is 28.3 Å². The van der Waals surface area contributed by atoms with Crippen molar-refractivity contribution in [1.82, 2.24) is 24.5 Å². The van der Waals surface area contributed by atoms with Crippen LogP contribution >= 0.6 is 0 Å². The highest BCUT2D eigenvalue weighted by molar-refractivity contribution is 5.35. The lowest BCUT2D eigenvalue weighted by atomic mass is 10.1. The largest absolute Gasteiger partial charge is 0.493 e. The van der Waals surface area contributed by atoms with E-state index in [0.29, 0.717) is 24.3 Å². The first-order valence-corrected chi connectivity index (χ1v) is 9.04. The molecule has 8 heteroatoms. The Hall–Kier alpha value is -3.55. The van der Waals surface area contributed by atoms with E-state index in [1.165, 1.54) is 4.57 Å². The van der Waals surface area contributed by atoms with Crippen molar-refractivity contribution in [3.63, 3.8) is 0 Å². The molecule has 0 fully saturated rings. The topological polar surface area (TPSA) is 102 Å². The molecule has 0 aliphatic heterocycles. The van der Waals surface area contributed by atoms with Gasteiger partial charge in [0.25, 0.3) is 0 Å². The zero-order valence-corrected chi connectivity index (χ0v) is 15.7. The monoisotopic (exact) mass is 379 g/mol. The van der Waals surface area contributed by atoms with Crippen molar-refractivity contribution in [3.8, 4) is 11.6 Å². The van der Waals surface area contributed by atoms with Gasteiger partial charge in [-0.25, -0.2) is 9.36 Å². The van der Waals surface area contributed by atoms with Gasteiger partial charge in [0, 0.05) is 11.8 Å². The van der Waals surface area contributed by atoms with Crippen molar-refractivity contribution in [1.29, 1.82) is 0 Å². The van der Waals surface area contributed by atoms with E-state index in [4.69, 9.17) is 4.52 Å². The molecule has 1 aromatic carbocycles. The Morgan fingerprint density at radius 3 is 2.68 bits per heavy atom. The summed E-state index contributed by atoms with van der Waals surface area (Å²) in [5.74, 6) is 0.650. The molecule has 0 bridgehead atoms. The molecule has 0 saturated carbocycles. The Bertz CT molecular complexity index is 1130. The van der Waals surface area contributed by atoms with Crippen LogP contribution in [0.15, 0.2) is 52.0 Å². The molecule has 3 aromatic heterocycles. The second-order valence-corrected chi connectivity index (χ2v) is 6.75. The number of aromatic nitrogens is 5. The van der Waals surface area contributed by atoms with Crippen molar-refractivity contribution in [2.24, 2.45) is 0 Å². The fraction of sp³-hybridized carbons (Fsp3) is 0.250. The summed E-state index contributed by atoms with van der Waals surface area (Å²) in [5, 5.41) is 18.8. The summed E-state index contributed by atoms with van der Waals surface area (Å²) < 4.78 is 8.09. The smallest absolute Gasteiger partial charge is 0.333 e. The summed E-state index contributed by atoms with van der Waals surface area (Å²) in [7, 11) is 0.